The maximum atomic E-state index is 5.81. The van der Waals surface area contributed by atoms with Gasteiger partial charge in [-0.25, -0.2) is 4.98 Å². The minimum Gasteiger partial charge on any atom is -0.496 e. The van der Waals surface area contributed by atoms with E-state index < -0.39 is 0 Å². The summed E-state index contributed by atoms with van der Waals surface area (Å²) in [6.45, 7) is 1.96. The highest BCUT2D eigenvalue weighted by molar-refractivity contribution is 7.15. The first-order valence-corrected chi connectivity index (χ1v) is 5.88. The zero-order valence-electron chi connectivity index (χ0n) is 9.31. The van der Waals surface area contributed by atoms with Gasteiger partial charge < -0.3 is 10.5 Å². The van der Waals surface area contributed by atoms with E-state index in [2.05, 4.69) is 4.98 Å². The molecule has 0 aliphatic rings. The van der Waals surface area contributed by atoms with Crippen molar-refractivity contribution in [3.63, 3.8) is 0 Å². The first kappa shape index (κ1) is 11.1. The number of ether oxygens (including phenoxy) is 1. The topological polar surface area (TPSA) is 48.1 Å². The van der Waals surface area contributed by atoms with E-state index in [-0.39, 0.29) is 6.04 Å². The fourth-order valence-corrected chi connectivity index (χ4v) is 2.34. The number of methoxy groups -OCH3 is 1. The smallest absolute Gasteiger partial charge is 0.129 e. The molecule has 84 valence electrons. The third-order valence-corrected chi connectivity index (χ3v) is 3.54. The Morgan fingerprint density at radius 1 is 1.38 bits per heavy atom. The van der Waals surface area contributed by atoms with E-state index in [1.807, 2.05) is 37.4 Å². The van der Waals surface area contributed by atoms with Gasteiger partial charge in [-0.2, -0.15) is 0 Å². The lowest BCUT2D eigenvalue weighted by atomic mass is 10.2. The second-order valence-corrected chi connectivity index (χ2v) is 4.62. The normalized spacial score (nSPS) is 12.4. The van der Waals surface area contributed by atoms with Crippen molar-refractivity contribution >= 4 is 11.3 Å². The summed E-state index contributed by atoms with van der Waals surface area (Å²) in [7, 11) is 1.67. The number of nitrogens with zero attached hydrogens (tertiary/aromatic N) is 1. The molecule has 0 aliphatic carbocycles. The molecule has 3 nitrogen and oxygen atoms in total. The number of thiazole rings is 1. The van der Waals surface area contributed by atoms with E-state index in [9.17, 15) is 0 Å². The first-order chi connectivity index (χ1) is 7.72. The Kier molecular flexibility index (Phi) is 3.22. The summed E-state index contributed by atoms with van der Waals surface area (Å²) in [4.78, 5) is 5.46. The van der Waals surface area contributed by atoms with Crippen molar-refractivity contribution in [1.29, 1.82) is 0 Å². The van der Waals surface area contributed by atoms with Gasteiger partial charge in [-0.1, -0.05) is 12.1 Å². The van der Waals surface area contributed by atoms with Gasteiger partial charge in [0.25, 0.3) is 0 Å². The number of hydrogen-bond acceptors (Lipinski definition) is 4. The average Bonchev–Trinajstić information content (AvgIpc) is 2.78. The second kappa shape index (κ2) is 4.63. The van der Waals surface area contributed by atoms with Gasteiger partial charge in [0.2, 0.25) is 0 Å². The molecule has 0 spiro atoms. The van der Waals surface area contributed by atoms with Crippen molar-refractivity contribution < 1.29 is 4.74 Å². The quantitative estimate of drug-likeness (QED) is 0.888. The molecule has 0 bridgehead atoms. The van der Waals surface area contributed by atoms with Gasteiger partial charge in [-0.05, 0) is 19.1 Å². The summed E-state index contributed by atoms with van der Waals surface area (Å²) in [6.07, 6.45) is 1.83. The molecule has 2 N–H and O–H groups in total. The standard InChI is InChI=1S/C12H14N2OS/c1-8(13)11-7-14-12(16-11)9-5-3-4-6-10(9)15-2/h3-8H,13H2,1-2H3. The fourth-order valence-electron chi connectivity index (χ4n) is 1.44. The third-order valence-electron chi connectivity index (χ3n) is 2.31. The minimum absolute atomic E-state index is 0.0287. The summed E-state index contributed by atoms with van der Waals surface area (Å²) in [6, 6.07) is 7.89. The largest absolute Gasteiger partial charge is 0.496 e. The summed E-state index contributed by atoms with van der Waals surface area (Å²) in [5, 5.41) is 0.949. The molecule has 0 saturated heterocycles. The van der Waals surface area contributed by atoms with Crippen LogP contribution < -0.4 is 10.5 Å². The Morgan fingerprint density at radius 2 is 2.12 bits per heavy atom. The van der Waals surface area contributed by atoms with Crippen molar-refractivity contribution in [3.05, 3.63) is 35.3 Å². The molecule has 1 aromatic heterocycles. The lowest BCUT2D eigenvalue weighted by Gasteiger charge is -2.04. The molecule has 4 heteroatoms. The molecular formula is C12H14N2OS. The summed E-state index contributed by atoms with van der Waals surface area (Å²) in [5.74, 6) is 0.841. The monoisotopic (exact) mass is 234 g/mol. The highest BCUT2D eigenvalue weighted by atomic mass is 32.1. The molecule has 1 aromatic carbocycles. The van der Waals surface area contributed by atoms with E-state index >= 15 is 0 Å². The van der Waals surface area contributed by atoms with Gasteiger partial charge in [0.05, 0.1) is 12.7 Å². The molecule has 16 heavy (non-hydrogen) atoms. The molecule has 0 saturated carbocycles. The van der Waals surface area contributed by atoms with Gasteiger partial charge in [-0.15, -0.1) is 11.3 Å². The second-order valence-electron chi connectivity index (χ2n) is 3.56. The first-order valence-electron chi connectivity index (χ1n) is 5.07. The maximum absolute atomic E-state index is 5.81. The number of para-hydroxylation sites is 1. The van der Waals surface area contributed by atoms with E-state index in [1.165, 1.54) is 0 Å². The Bertz CT molecular complexity index is 479. The number of aromatic nitrogens is 1. The van der Waals surface area contributed by atoms with E-state index in [0.717, 1.165) is 21.2 Å². The number of rotatable bonds is 3. The third kappa shape index (κ3) is 2.08. The fraction of sp³-hybridized carbons (Fsp3) is 0.250. The van der Waals surface area contributed by atoms with Crippen molar-refractivity contribution in [2.75, 3.05) is 7.11 Å². The Morgan fingerprint density at radius 3 is 2.75 bits per heavy atom. The lowest BCUT2D eigenvalue weighted by molar-refractivity contribution is 0.416. The molecule has 2 aromatic rings. The summed E-state index contributed by atoms with van der Waals surface area (Å²) < 4.78 is 5.30. The maximum Gasteiger partial charge on any atom is 0.129 e. The van der Waals surface area contributed by atoms with Gasteiger partial charge in [-0.3, -0.25) is 0 Å². The minimum atomic E-state index is 0.0287. The molecule has 2 rings (SSSR count). The molecule has 1 unspecified atom stereocenters. The predicted molar refractivity (Wildman–Crippen MR) is 66.7 cm³/mol. The summed E-state index contributed by atoms with van der Waals surface area (Å²) >= 11 is 1.61. The molecule has 0 aliphatic heterocycles. The zero-order valence-corrected chi connectivity index (χ0v) is 10.1. The van der Waals surface area contributed by atoms with Crippen molar-refractivity contribution in [3.8, 4) is 16.3 Å². The SMILES string of the molecule is COc1ccccc1-c1ncc(C(C)N)s1. The average molecular weight is 234 g/mol. The Hall–Kier alpha value is -1.39. The molecule has 0 amide bonds. The van der Waals surface area contributed by atoms with Crippen LogP contribution in [0.5, 0.6) is 5.75 Å². The highest BCUT2D eigenvalue weighted by Crippen LogP contribution is 2.33. The molecular weight excluding hydrogens is 220 g/mol. The van der Waals surface area contributed by atoms with Gasteiger partial charge in [0.1, 0.15) is 10.8 Å². The van der Waals surface area contributed by atoms with Crippen LogP contribution in [0.1, 0.15) is 17.8 Å². The van der Waals surface area contributed by atoms with Crippen LogP contribution in [0.2, 0.25) is 0 Å². The number of benzene rings is 1. The summed E-state index contributed by atoms with van der Waals surface area (Å²) in [5.41, 5.74) is 6.83. The van der Waals surface area contributed by atoms with E-state index in [4.69, 9.17) is 10.5 Å². The predicted octanol–water partition coefficient (Wildman–Crippen LogP) is 2.84. The molecule has 1 heterocycles. The number of hydrogen-bond donors (Lipinski definition) is 1. The van der Waals surface area contributed by atoms with Gasteiger partial charge >= 0.3 is 0 Å². The highest BCUT2D eigenvalue weighted by Gasteiger charge is 2.11. The van der Waals surface area contributed by atoms with Crippen LogP contribution in [-0.4, -0.2) is 12.1 Å². The van der Waals surface area contributed by atoms with Crippen LogP contribution in [0.15, 0.2) is 30.5 Å². The lowest BCUT2D eigenvalue weighted by Crippen LogP contribution is -2.01. The van der Waals surface area contributed by atoms with Crippen molar-refractivity contribution in [2.24, 2.45) is 5.73 Å². The molecule has 1 atom stereocenters. The Balaban J connectivity index is 2.42. The van der Waals surface area contributed by atoms with Crippen LogP contribution >= 0.6 is 11.3 Å². The van der Waals surface area contributed by atoms with E-state index in [0.29, 0.717) is 0 Å². The van der Waals surface area contributed by atoms with Crippen molar-refractivity contribution in [1.82, 2.24) is 4.98 Å². The van der Waals surface area contributed by atoms with Crippen LogP contribution in [-0.2, 0) is 0 Å². The molecule has 0 radical (unpaired) electrons. The van der Waals surface area contributed by atoms with E-state index in [1.54, 1.807) is 18.4 Å². The van der Waals surface area contributed by atoms with Crippen LogP contribution in [0.3, 0.4) is 0 Å². The van der Waals surface area contributed by atoms with Crippen molar-refractivity contribution in [2.45, 2.75) is 13.0 Å². The van der Waals surface area contributed by atoms with Gasteiger partial charge in [0.15, 0.2) is 0 Å². The van der Waals surface area contributed by atoms with Crippen LogP contribution in [0, 0.1) is 0 Å². The zero-order chi connectivity index (χ0) is 11.5. The Labute approximate surface area is 98.9 Å². The van der Waals surface area contributed by atoms with Crippen LogP contribution in [0.25, 0.3) is 10.6 Å². The van der Waals surface area contributed by atoms with Crippen LogP contribution in [0.4, 0.5) is 0 Å². The van der Waals surface area contributed by atoms with Gasteiger partial charge in [0, 0.05) is 17.1 Å². The molecule has 0 fully saturated rings. The number of nitrogens with two attached hydrogens (primary N) is 1.